The molecule has 64 valence electrons. The van der Waals surface area contributed by atoms with Crippen molar-refractivity contribution in [3.8, 4) is 0 Å². The molecule has 0 spiro atoms. The van der Waals surface area contributed by atoms with Crippen molar-refractivity contribution in [2.75, 3.05) is 0 Å². The minimum absolute atomic E-state index is 1.17. The van der Waals surface area contributed by atoms with Crippen molar-refractivity contribution in [3.63, 3.8) is 0 Å². The van der Waals surface area contributed by atoms with E-state index < -0.39 is 0 Å². The van der Waals surface area contributed by atoms with E-state index in [1.165, 1.54) is 26.3 Å². The van der Waals surface area contributed by atoms with Gasteiger partial charge < -0.3 is 0 Å². The van der Waals surface area contributed by atoms with E-state index in [1.807, 2.05) is 22.7 Å². The molecule has 2 aromatic rings. The van der Waals surface area contributed by atoms with Crippen molar-refractivity contribution in [1.29, 1.82) is 0 Å². The van der Waals surface area contributed by atoms with Crippen LogP contribution in [-0.4, -0.2) is 0 Å². The second-order valence-corrected chi connectivity index (χ2v) is 5.17. The predicted molar refractivity (Wildman–Crippen MR) is 58.6 cm³/mol. The lowest BCUT2D eigenvalue weighted by Gasteiger charge is -1.90. The van der Waals surface area contributed by atoms with Gasteiger partial charge in [-0.15, -0.1) is 22.7 Å². The first-order chi connectivity index (χ1) is 5.74. The van der Waals surface area contributed by atoms with Crippen molar-refractivity contribution in [1.82, 2.24) is 0 Å². The van der Waals surface area contributed by atoms with Crippen LogP contribution in [0.2, 0.25) is 0 Å². The molecule has 0 radical (unpaired) electrons. The largest absolute Gasteiger partial charge is 0.142 e. The summed E-state index contributed by atoms with van der Waals surface area (Å²) in [6.07, 6.45) is 1.17. The Morgan fingerprint density at radius 2 is 2.00 bits per heavy atom. The molecule has 0 nitrogen and oxygen atoms in total. The van der Waals surface area contributed by atoms with E-state index in [0.717, 1.165) is 0 Å². The molecule has 0 saturated carbocycles. The standard InChI is InChI=1S/C10H12S2/c1-4-8-7(3)12-9-6(2)5-11-10(8)9/h5H,4H2,1-3H3. The molecule has 2 heterocycles. The zero-order valence-corrected chi connectivity index (χ0v) is 9.23. The molecule has 0 atom stereocenters. The molecular formula is C10H12S2. The van der Waals surface area contributed by atoms with E-state index in [4.69, 9.17) is 0 Å². The van der Waals surface area contributed by atoms with E-state index in [1.54, 1.807) is 5.56 Å². The van der Waals surface area contributed by atoms with Crippen molar-refractivity contribution in [3.05, 3.63) is 21.4 Å². The van der Waals surface area contributed by atoms with Gasteiger partial charge in [0, 0.05) is 14.3 Å². The first-order valence-corrected chi connectivity index (χ1v) is 5.89. The summed E-state index contributed by atoms with van der Waals surface area (Å²) in [5.41, 5.74) is 3.01. The Kier molecular flexibility index (Phi) is 1.97. The smallest absolute Gasteiger partial charge is 0.0488 e. The molecule has 0 fully saturated rings. The maximum Gasteiger partial charge on any atom is 0.0488 e. The van der Waals surface area contributed by atoms with E-state index in [-0.39, 0.29) is 0 Å². The van der Waals surface area contributed by atoms with Gasteiger partial charge in [0.25, 0.3) is 0 Å². The quantitative estimate of drug-likeness (QED) is 0.643. The average Bonchev–Trinajstić information content (AvgIpc) is 2.52. The van der Waals surface area contributed by atoms with Crippen LogP contribution in [0.3, 0.4) is 0 Å². The molecule has 2 rings (SSSR count). The second kappa shape index (κ2) is 2.86. The number of aryl methyl sites for hydroxylation is 3. The lowest BCUT2D eigenvalue weighted by Crippen LogP contribution is -1.75. The van der Waals surface area contributed by atoms with Gasteiger partial charge in [-0.05, 0) is 36.8 Å². The highest BCUT2D eigenvalue weighted by atomic mass is 32.1. The Morgan fingerprint density at radius 3 is 2.67 bits per heavy atom. The summed E-state index contributed by atoms with van der Waals surface area (Å²) in [6, 6.07) is 0. The normalized spacial score (nSPS) is 11.2. The van der Waals surface area contributed by atoms with Crippen LogP contribution in [-0.2, 0) is 6.42 Å². The third-order valence-electron chi connectivity index (χ3n) is 2.23. The molecule has 0 amide bonds. The van der Waals surface area contributed by atoms with Crippen LogP contribution in [0.15, 0.2) is 5.38 Å². The molecule has 12 heavy (non-hydrogen) atoms. The number of hydrogen-bond acceptors (Lipinski definition) is 2. The van der Waals surface area contributed by atoms with Gasteiger partial charge in [0.05, 0.1) is 0 Å². The van der Waals surface area contributed by atoms with Gasteiger partial charge in [0.2, 0.25) is 0 Å². The molecule has 0 aromatic carbocycles. The first-order valence-electron chi connectivity index (χ1n) is 4.20. The van der Waals surface area contributed by atoms with Crippen LogP contribution in [0, 0.1) is 13.8 Å². The van der Waals surface area contributed by atoms with Crippen LogP contribution >= 0.6 is 22.7 Å². The third-order valence-corrected chi connectivity index (χ3v) is 4.80. The highest BCUT2D eigenvalue weighted by molar-refractivity contribution is 7.27. The van der Waals surface area contributed by atoms with Crippen LogP contribution in [0.5, 0.6) is 0 Å². The molecular weight excluding hydrogens is 184 g/mol. The number of rotatable bonds is 1. The fourth-order valence-electron chi connectivity index (χ4n) is 1.55. The summed E-state index contributed by atoms with van der Waals surface area (Å²) in [5, 5.41) is 2.26. The SMILES string of the molecule is CCc1c(C)sc2c(C)csc12. The summed E-state index contributed by atoms with van der Waals surface area (Å²) in [4.78, 5) is 1.50. The first kappa shape index (κ1) is 8.27. The van der Waals surface area contributed by atoms with Crippen molar-refractivity contribution >= 4 is 32.1 Å². The number of hydrogen-bond donors (Lipinski definition) is 0. The van der Waals surface area contributed by atoms with Gasteiger partial charge in [-0.2, -0.15) is 0 Å². The van der Waals surface area contributed by atoms with Gasteiger partial charge in [-0.3, -0.25) is 0 Å². The number of thiophene rings is 2. The second-order valence-electron chi connectivity index (χ2n) is 3.07. The molecule has 0 aliphatic carbocycles. The van der Waals surface area contributed by atoms with E-state index in [9.17, 15) is 0 Å². The van der Waals surface area contributed by atoms with Gasteiger partial charge in [0.1, 0.15) is 0 Å². The fourth-order valence-corrected chi connectivity index (χ4v) is 4.19. The van der Waals surface area contributed by atoms with Crippen molar-refractivity contribution < 1.29 is 0 Å². The molecule has 0 aliphatic heterocycles. The van der Waals surface area contributed by atoms with Gasteiger partial charge in [-0.25, -0.2) is 0 Å². The van der Waals surface area contributed by atoms with Gasteiger partial charge in [0.15, 0.2) is 0 Å². The number of fused-ring (bicyclic) bond motifs is 1. The average molecular weight is 196 g/mol. The summed E-state index contributed by atoms with van der Waals surface area (Å²) < 4.78 is 3.03. The van der Waals surface area contributed by atoms with E-state index in [0.29, 0.717) is 0 Å². The van der Waals surface area contributed by atoms with Crippen LogP contribution in [0.25, 0.3) is 9.40 Å². The molecule has 2 aromatic heterocycles. The summed E-state index contributed by atoms with van der Waals surface area (Å²) >= 11 is 3.84. The minimum atomic E-state index is 1.17. The molecule has 0 N–H and O–H groups in total. The van der Waals surface area contributed by atoms with E-state index in [2.05, 4.69) is 26.2 Å². The molecule has 0 saturated heterocycles. The maximum atomic E-state index is 2.26. The molecule has 0 bridgehead atoms. The third kappa shape index (κ3) is 1.02. The highest BCUT2D eigenvalue weighted by Crippen LogP contribution is 2.37. The Morgan fingerprint density at radius 1 is 1.25 bits per heavy atom. The fraction of sp³-hybridized carbons (Fsp3) is 0.400. The minimum Gasteiger partial charge on any atom is -0.142 e. The maximum absolute atomic E-state index is 2.26. The molecule has 2 heteroatoms. The van der Waals surface area contributed by atoms with Gasteiger partial charge >= 0.3 is 0 Å². The summed E-state index contributed by atoms with van der Waals surface area (Å²) in [7, 11) is 0. The Hall–Kier alpha value is -0.340. The predicted octanol–water partition coefficient (Wildman–Crippen LogP) is 4.14. The Bertz CT molecular complexity index is 407. The van der Waals surface area contributed by atoms with Crippen LogP contribution in [0.4, 0.5) is 0 Å². The zero-order chi connectivity index (χ0) is 8.72. The Balaban J connectivity index is 2.82. The van der Waals surface area contributed by atoms with Crippen LogP contribution < -0.4 is 0 Å². The van der Waals surface area contributed by atoms with Gasteiger partial charge in [-0.1, -0.05) is 6.92 Å². The Labute approximate surface area is 80.9 Å². The van der Waals surface area contributed by atoms with Crippen LogP contribution in [0.1, 0.15) is 22.9 Å². The summed E-state index contributed by atoms with van der Waals surface area (Å²) in [5.74, 6) is 0. The highest BCUT2D eigenvalue weighted by Gasteiger charge is 2.10. The lowest BCUT2D eigenvalue weighted by atomic mass is 10.2. The molecule has 0 unspecified atom stereocenters. The monoisotopic (exact) mass is 196 g/mol. The summed E-state index contributed by atoms with van der Waals surface area (Å²) in [6.45, 7) is 6.67. The lowest BCUT2D eigenvalue weighted by molar-refractivity contribution is 1.15. The van der Waals surface area contributed by atoms with Crippen molar-refractivity contribution in [2.24, 2.45) is 0 Å². The zero-order valence-electron chi connectivity index (χ0n) is 7.60. The van der Waals surface area contributed by atoms with Crippen molar-refractivity contribution in [2.45, 2.75) is 27.2 Å². The molecule has 0 aliphatic rings. The van der Waals surface area contributed by atoms with E-state index >= 15 is 0 Å². The topological polar surface area (TPSA) is 0 Å².